The first-order chi connectivity index (χ1) is 14.3. The SMILES string of the molecule is COc1cccc(CNC(=O)C2(C)CCN(C(=O)Nc3cc(C)cc(C)c3)CC2)c1. The van der Waals surface area contributed by atoms with Crippen molar-refractivity contribution in [3.63, 3.8) is 0 Å². The molecule has 1 aliphatic heterocycles. The van der Waals surface area contributed by atoms with Gasteiger partial charge in [-0.1, -0.05) is 25.1 Å². The van der Waals surface area contributed by atoms with Crippen molar-refractivity contribution < 1.29 is 14.3 Å². The molecule has 6 heteroatoms. The van der Waals surface area contributed by atoms with Gasteiger partial charge in [-0.25, -0.2) is 4.79 Å². The summed E-state index contributed by atoms with van der Waals surface area (Å²) in [5.41, 5.74) is 3.56. The number of hydrogen-bond acceptors (Lipinski definition) is 3. The topological polar surface area (TPSA) is 70.7 Å². The summed E-state index contributed by atoms with van der Waals surface area (Å²) < 4.78 is 5.23. The average molecular weight is 410 g/mol. The Hall–Kier alpha value is -3.02. The number of methoxy groups -OCH3 is 1. The molecule has 1 fully saturated rings. The molecule has 2 aromatic rings. The predicted octanol–water partition coefficient (Wildman–Crippen LogP) is 4.26. The van der Waals surface area contributed by atoms with Crippen LogP contribution in [-0.4, -0.2) is 37.0 Å². The molecule has 160 valence electrons. The summed E-state index contributed by atoms with van der Waals surface area (Å²) in [7, 11) is 1.63. The van der Waals surface area contributed by atoms with Crippen molar-refractivity contribution in [3.8, 4) is 5.75 Å². The number of likely N-dealkylation sites (tertiary alicyclic amines) is 1. The molecule has 0 bridgehead atoms. The molecule has 1 aliphatic rings. The van der Waals surface area contributed by atoms with Gasteiger partial charge in [0.05, 0.1) is 7.11 Å². The van der Waals surface area contributed by atoms with E-state index < -0.39 is 5.41 Å². The van der Waals surface area contributed by atoms with Gasteiger partial charge in [0, 0.05) is 30.7 Å². The number of aryl methyl sites for hydroxylation is 2. The number of piperidine rings is 1. The van der Waals surface area contributed by atoms with Crippen molar-refractivity contribution in [1.82, 2.24) is 10.2 Å². The van der Waals surface area contributed by atoms with E-state index in [1.54, 1.807) is 12.0 Å². The monoisotopic (exact) mass is 409 g/mol. The normalized spacial score (nSPS) is 15.4. The zero-order chi connectivity index (χ0) is 21.7. The zero-order valence-electron chi connectivity index (χ0n) is 18.2. The Morgan fingerprint density at radius 1 is 1.07 bits per heavy atom. The molecule has 30 heavy (non-hydrogen) atoms. The summed E-state index contributed by atoms with van der Waals surface area (Å²) in [6, 6.07) is 13.6. The number of carbonyl (C=O) groups is 2. The molecule has 0 atom stereocenters. The second-order valence-corrected chi connectivity index (χ2v) is 8.39. The minimum absolute atomic E-state index is 0.0275. The summed E-state index contributed by atoms with van der Waals surface area (Å²) in [6.07, 6.45) is 1.27. The quantitative estimate of drug-likeness (QED) is 0.775. The molecular weight excluding hydrogens is 378 g/mol. The number of nitrogens with zero attached hydrogens (tertiary/aromatic N) is 1. The minimum atomic E-state index is -0.477. The van der Waals surface area contributed by atoms with E-state index in [0.717, 1.165) is 28.1 Å². The first kappa shape index (κ1) is 21.7. The van der Waals surface area contributed by atoms with Crippen LogP contribution in [0.1, 0.15) is 36.5 Å². The minimum Gasteiger partial charge on any atom is -0.497 e. The lowest BCUT2D eigenvalue weighted by Crippen LogP contribution is -2.49. The second-order valence-electron chi connectivity index (χ2n) is 8.39. The molecule has 0 spiro atoms. The maximum Gasteiger partial charge on any atom is 0.321 e. The van der Waals surface area contributed by atoms with Crippen LogP contribution in [0.2, 0.25) is 0 Å². The van der Waals surface area contributed by atoms with E-state index in [1.807, 2.05) is 57.2 Å². The summed E-state index contributed by atoms with van der Waals surface area (Å²) in [5.74, 6) is 0.802. The van der Waals surface area contributed by atoms with E-state index in [1.165, 1.54) is 0 Å². The molecule has 0 radical (unpaired) electrons. The van der Waals surface area contributed by atoms with Crippen molar-refractivity contribution in [2.75, 3.05) is 25.5 Å². The summed E-state index contributed by atoms with van der Waals surface area (Å²) >= 11 is 0. The second kappa shape index (κ2) is 9.20. The van der Waals surface area contributed by atoms with E-state index in [2.05, 4.69) is 16.7 Å². The van der Waals surface area contributed by atoms with Gasteiger partial charge in [-0.2, -0.15) is 0 Å². The molecule has 0 saturated carbocycles. The van der Waals surface area contributed by atoms with Crippen molar-refractivity contribution in [2.45, 2.75) is 40.2 Å². The lowest BCUT2D eigenvalue weighted by atomic mass is 9.79. The fourth-order valence-corrected chi connectivity index (χ4v) is 3.86. The van der Waals surface area contributed by atoms with Crippen LogP contribution in [0.25, 0.3) is 0 Å². The number of hydrogen-bond donors (Lipinski definition) is 2. The van der Waals surface area contributed by atoms with Crippen LogP contribution in [0.4, 0.5) is 10.5 Å². The third kappa shape index (κ3) is 5.32. The van der Waals surface area contributed by atoms with Crippen LogP contribution in [0, 0.1) is 19.3 Å². The van der Waals surface area contributed by atoms with Gasteiger partial charge in [-0.05, 0) is 67.6 Å². The Balaban J connectivity index is 1.52. The van der Waals surface area contributed by atoms with E-state index in [0.29, 0.717) is 32.5 Å². The number of carbonyl (C=O) groups excluding carboxylic acids is 2. The van der Waals surface area contributed by atoms with Gasteiger partial charge in [-0.15, -0.1) is 0 Å². The van der Waals surface area contributed by atoms with Crippen LogP contribution in [0.3, 0.4) is 0 Å². The number of urea groups is 1. The van der Waals surface area contributed by atoms with Gasteiger partial charge in [0.2, 0.25) is 5.91 Å². The zero-order valence-corrected chi connectivity index (χ0v) is 18.2. The van der Waals surface area contributed by atoms with Crippen LogP contribution < -0.4 is 15.4 Å². The third-order valence-electron chi connectivity index (χ3n) is 5.76. The number of nitrogens with one attached hydrogen (secondary N) is 2. The van der Waals surface area contributed by atoms with Crippen LogP contribution in [0.15, 0.2) is 42.5 Å². The Labute approximate surface area is 178 Å². The average Bonchev–Trinajstić information content (AvgIpc) is 2.71. The van der Waals surface area contributed by atoms with E-state index in [-0.39, 0.29) is 11.9 Å². The Morgan fingerprint density at radius 2 is 1.73 bits per heavy atom. The molecule has 0 aromatic heterocycles. The number of rotatable bonds is 5. The molecule has 3 rings (SSSR count). The molecule has 2 N–H and O–H groups in total. The molecule has 0 unspecified atom stereocenters. The van der Waals surface area contributed by atoms with Gasteiger partial charge in [-0.3, -0.25) is 4.79 Å². The molecule has 2 aromatic carbocycles. The van der Waals surface area contributed by atoms with E-state index >= 15 is 0 Å². The van der Waals surface area contributed by atoms with Crippen molar-refractivity contribution in [3.05, 3.63) is 59.2 Å². The lowest BCUT2D eigenvalue weighted by Gasteiger charge is -2.38. The fraction of sp³-hybridized carbons (Fsp3) is 0.417. The highest BCUT2D eigenvalue weighted by Gasteiger charge is 2.38. The third-order valence-corrected chi connectivity index (χ3v) is 5.76. The molecule has 1 heterocycles. The highest BCUT2D eigenvalue weighted by molar-refractivity contribution is 5.90. The van der Waals surface area contributed by atoms with Crippen molar-refractivity contribution >= 4 is 17.6 Å². The van der Waals surface area contributed by atoms with Gasteiger partial charge in [0.1, 0.15) is 5.75 Å². The van der Waals surface area contributed by atoms with Crippen LogP contribution in [-0.2, 0) is 11.3 Å². The van der Waals surface area contributed by atoms with Gasteiger partial charge < -0.3 is 20.3 Å². The van der Waals surface area contributed by atoms with Crippen molar-refractivity contribution in [1.29, 1.82) is 0 Å². The van der Waals surface area contributed by atoms with Gasteiger partial charge in [0.15, 0.2) is 0 Å². The number of benzene rings is 2. The summed E-state index contributed by atoms with van der Waals surface area (Å²) in [5, 5.41) is 6.03. The number of anilines is 1. The first-order valence-corrected chi connectivity index (χ1v) is 10.3. The smallest absolute Gasteiger partial charge is 0.321 e. The van der Waals surface area contributed by atoms with Crippen LogP contribution >= 0.6 is 0 Å². The Kier molecular flexibility index (Phi) is 6.65. The largest absolute Gasteiger partial charge is 0.497 e. The number of amides is 3. The van der Waals surface area contributed by atoms with Gasteiger partial charge in [0.25, 0.3) is 0 Å². The maximum absolute atomic E-state index is 12.8. The fourth-order valence-electron chi connectivity index (χ4n) is 3.86. The lowest BCUT2D eigenvalue weighted by molar-refractivity contribution is -0.132. The van der Waals surface area contributed by atoms with Gasteiger partial charge >= 0.3 is 6.03 Å². The van der Waals surface area contributed by atoms with Crippen LogP contribution in [0.5, 0.6) is 5.75 Å². The highest BCUT2D eigenvalue weighted by atomic mass is 16.5. The Morgan fingerprint density at radius 3 is 2.37 bits per heavy atom. The Bertz CT molecular complexity index is 897. The van der Waals surface area contributed by atoms with E-state index in [4.69, 9.17) is 4.74 Å². The highest BCUT2D eigenvalue weighted by Crippen LogP contribution is 2.31. The standard InChI is InChI=1S/C24H31N3O3/c1-17-12-18(2)14-20(13-17)26-23(29)27-10-8-24(3,9-11-27)22(28)25-16-19-6-5-7-21(15-19)30-4/h5-7,12-15H,8-11,16H2,1-4H3,(H,25,28)(H,26,29). The molecule has 6 nitrogen and oxygen atoms in total. The summed E-state index contributed by atoms with van der Waals surface area (Å²) in [6.45, 7) is 7.58. The molecule has 0 aliphatic carbocycles. The molecular formula is C24H31N3O3. The van der Waals surface area contributed by atoms with E-state index in [9.17, 15) is 9.59 Å². The van der Waals surface area contributed by atoms with Crippen molar-refractivity contribution in [2.24, 2.45) is 5.41 Å². The summed E-state index contributed by atoms with van der Waals surface area (Å²) in [4.78, 5) is 27.3. The number of ether oxygens (including phenoxy) is 1. The predicted molar refractivity (Wildman–Crippen MR) is 119 cm³/mol. The molecule has 3 amide bonds. The first-order valence-electron chi connectivity index (χ1n) is 10.3. The molecule has 1 saturated heterocycles. The maximum atomic E-state index is 12.8.